The summed E-state index contributed by atoms with van der Waals surface area (Å²) in [6.45, 7) is 2.45. The normalized spacial score (nSPS) is 19.5. The van der Waals surface area contributed by atoms with Gasteiger partial charge in [0.1, 0.15) is 104 Å². The average Bonchev–Trinajstić information content (AvgIpc) is 4.27. The molecule has 3 heterocycles. The molecule has 9 rings (SSSR count). The lowest BCUT2D eigenvalue weighted by Crippen LogP contribution is -2.46. The highest BCUT2D eigenvalue weighted by Gasteiger charge is 2.52. The van der Waals surface area contributed by atoms with Crippen LogP contribution in [0.25, 0.3) is 0 Å². The second kappa shape index (κ2) is 18.6. The third kappa shape index (κ3) is 9.49. The largest absolute Gasteiger partial charge is 0.491 e. The smallest absolute Gasteiger partial charge is 0.260 e. The van der Waals surface area contributed by atoms with Crippen LogP contribution in [0.5, 0.6) is 34.5 Å². The maximum absolute atomic E-state index is 14.5. The minimum absolute atomic E-state index is 0.00186. The van der Waals surface area contributed by atoms with Crippen LogP contribution in [0, 0.1) is 0 Å². The number of fused-ring (bicyclic) bond motifs is 1. The quantitative estimate of drug-likeness (QED) is 0.0738. The van der Waals surface area contributed by atoms with Crippen molar-refractivity contribution in [3.05, 3.63) is 174 Å². The monoisotopic (exact) mass is 837 g/mol. The Bertz CT molecular complexity index is 2300. The van der Waals surface area contributed by atoms with Crippen LogP contribution >= 0.6 is 0 Å². The van der Waals surface area contributed by atoms with Gasteiger partial charge < -0.3 is 48.1 Å². The zero-order valence-electron chi connectivity index (χ0n) is 33.9. The molecule has 2 fully saturated rings. The van der Waals surface area contributed by atoms with E-state index in [1.807, 2.05) is 132 Å². The van der Waals surface area contributed by atoms with Gasteiger partial charge in [-0.2, -0.15) is 0 Å². The molecular weight excluding hydrogens is 791 g/mol. The SMILES string of the molecule is O=C1c2ccccc2C(c2ccc(OCC(O)COc3cccc(OCC4CO4)c3)cc2)(c2ccc(OCC(O)COc3cccc(OCC4CO4)c3)cc2)N1c1ccccc1. The first-order valence-corrected chi connectivity index (χ1v) is 20.7. The number of para-hydroxylation sites is 1. The summed E-state index contributed by atoms with van der Waals surface area (Å²) >= 11 is 0. The number of benzene rings is 6. The highest BCUT2D eigenvalue weighted by molar-refractivity contribution is 6.13. The Hall–Kier alpha value is -6.57. The first-order valence-electron chi connectivity index (χ1n) is 20.7. The van der Waals surface area contributed by atoms with E-state index in [1.54, 1.807) is 24.3 Å². The molecule has 4 atom stereocenters. The van der Waals surface area contributed by atoms with Crippen molar-refractivity contribution in [2.75, 3.05) is 57.8 Å². The Balaban J connectivity index is 0.898. The van der Waals surface area contributed by atoms with Crippen molar-refractivity contribution in [1.82, 2.24) is 0 Å². The van der Waals surface area contributed by atoms with Crippen molar-refractivity contribution in [2.45, 2.75) is 30.0 Å². The Kier molecular flexibility index (Phi) is 12.2. The number of amides is 1. The van der Waals surface area contributed by atoms with Gasteiger partial charge in [0, 0.05) is 23.4 Å². The molecule has 6 aromatic rings. The van der Waals surface area contributed by atoms with Gasteiger partial charge in [0.05, 0.1) is 13.2 Å². The predicted molar refractivity (Wildman–Crippen MR) is 230 cm³/mol. The van der Waals surface area contributed by atoms with Crippen LogP contribution in [0.3, 0.4) is 0 Å². The molecule has 12 nitrogen and oxygen atoms in total. The van der Waals surface area contributed by atoms with E-state index in [-0.39, 0.29) is 44.5 Å². The van der Waals surface area contributed by atoms with Crippen LogP contribution in [-0.2, 0) is 15.0 Å². The number of hydrogen-bond donors (Lipinski definition) is 2. The van der Waals surface area contributed by atoms with E-state index in [4.69, 9.17) is 37.9 Å². The van der Waals surface area contributed by atoms with Gasteiger partial charge >= 0.3 is 0 Å². The molecule has 3 aliphatic heterocycles. The first-order chi connectivity index (χ1) is 30.4. The lowest BCUT2D eigenvalue weighted by atomic mass is 9.76. The van der Waals surface area contributed by atoms with Gasteiger partial charge in [-0.25, -0.2) is 0 Å². The Morgan fingerprint density at radius 2 is 0.935 bits per heavy atom. The highest BCUT2D eigenvalue weighted by atomic mass is 16.6. The Labute approximate surface area is 359 Å². The number of carbonyl (C=O) groups excluding carboxylic acids is 1. The van der Waals surface area contributed by atoms with Crippen molar-refractivity contribution in [3.8, 4) is 34.5 Å². The second-order valence-corrected chi connectivity index (χ2v) is 15.3. The fourth-order valence-electron chi connectivity index (χ4n) is 7.47. The summed E-state index contributed by atoms with van der Waals surface area (Å²) in [5.74, 6) is 3.44. The molecule has 3 aliphatic rings. The van der Waals surface area contributed by atoms with E-state index in [2.05, 4.69) is 0 Å². The van der Waals surface area contributed by atoms with Gasteiger partial charge in [-0.05, 0) is 83.4 Å². The van der Waals surface area contributed by atoms with Crippen LogP contribution in [0.4, 0.5) is 5.69 Å². The molecule has 0 radical (unpaired) electrons. The molecule has 318 valence electrons. The fraction of sp³-hybridized carbons (Fsp3) is 0.260. The summed E-state index contributed by atoms with van der Waals surface area (Å²) in [6.07, 6.45) is -1.52. The number of hydrogen-bond acceptors (Lipinski definition) is 11. The molecule has 0 spiro atoms. The number of aliphatic hydroxyl groups is 2. The van der Waals surface area contributed by atoms with E-state index in [0.29, 0.717) is 66.5 Å². The Morgan fingerprint density at radius 1 is 0.516 bits per heavy atom. The zero-order chi connectivity index (χ0) is 42.3. The van der Waals surface area contributed by atoms with Crippen molar-refractivity contribution in [2.24, 2.45) is 0 Å². The first kappa shape index (κ1) is 40.8. The van der Waals surface area contributed by atoms with E-state index in [9.17, 15) is 15.0 Å². The second-order valence-electron chi connectivity index (χ2n) is 15.3. The number of ether oxygens (including phenoxy) is 8. The molecule has 2 N–H and O–H groups in total. The molecule has 1 amide bonds. The number of carbonyl (C=O) groups is 1. The minimum atomic E-state index is -1.08. The molecule has 4 unspecified atom stereocenters. The predicted octanol–water partition coefficient (Wildman–Crippen LogP) is 6.83. The van der Waals surface area contributed by atoms with E-state index in [1.165, 1.54) is 0 Å². The molecule has 6 aromatic carbocycles. The summed E-state index contributed by atoms with van der Waals surface area (Å²) in [6, 6.07) is 47.0. The number of rotatable bonds is 21. The van der Waals surface area contributed by atoms with Crippen LogP contribution < -0.4 is 33.3 Å². The van der Waals surface area contributed by atoms with E-state index in [0.717, 1.165) is 22.4 Å². The molecule has 12 heteroatoms. The standard InChI is InChI=1S/C50H47NO11/c52-37(28-57-41-10-6-12-43(24-41)59-30-45-32-61-45)26-55-39-20-16-34(17-21-39)50(48-15-5-4-14-47(48)49(54)51(50)36-8-2-1-3-9-36)35-18-22-40(23-19-35)56-27-38(53)29-58-42-11-7-13-44(25-42)60-31-46-33-62-46/h1-25,37-38,45-46,52-53H,26-33H2. The summed E-state index contributed by atoms with van der Waals surface area (Å²) in [4.78, 5) is 16.3. The number of epoxide rings is 2. The van der Waals surface area contributed by atoms with Crippen LogP contribution in [0.1, 0.15) is 27.0 Å². The van der Waals surface area contributed by atoms with Crippen molar-refractivity contribution >= 4 is 11.6 Å². The molecule has 0 saturated carbocycles. The third-order valence-corrected chi connectivity index (χ3v) is 10.7. The van der Waals surface area contributed by atoms with Gasteiger partial charge in [0.25, 0.3) is 5.91 Å². The van der Waals surface area contributed by atoms with E-state index >= 15 is 0 Å². The lowest BCUT2D eigenvalue weighted by Gasteiger charge is -2.40. The topological polar surface area (TPSA) is 141 Å². The fourth-order valence-corrected chi connectivity index (χ4v) is 7.47. The zero-order valence-corrected chi connectivity index (χ0v) is 33.9. The molecule has 0 bridgehead atoms. The van der Waals surface area contributed by atoms with Crippen molar-refractivity contribution < 1.29 is 52.9 Å². The summed E-state index contributed by atoms with van der Waals surface area (Å²) in [7, 11) is 0. The molecule has 0 aromatic heterocycles. The Morgan fingerprint density at radius 3 is 1.40 bits per heavy atom. The average molecular weight is 838 g/mol. The molecule has 2 saturated heterocycles. The number of anilines is 1. The maximum atomic E-state index is 14.5. The molecule has 62 heavy (non-hydrogen) atoms. The van der Waals surface area contributed by atoms with Crippen LogP contribution in [-0.4, -0.2) is 93.4 Å². The minimum Gasteiger partial charge on any atom is -0.491 e. The number of aliphatic hydroxyl groups excluding tert-OH is 2. The summed E-state index contributed by atoms with van der Waals surface area (Å²) < 4.78 is 45.6. The van der Waals surface area contributed by atoms with Gasteiger partial charge in [0.15, 0.2) is 0 Å². The van der Waals surface area contributed by atoms with E-state index < -0.39 is 17.7 Å². The highest BCUT2D eigenvalue weighted by Crippen LogP contribution is 2.51. The van der Waals surface area contributed by atoms with Gasteiger partial charge in [-0.15, -0.1) is 0 Å². The third-order valence-electron chi connectivity index (χ3n) is 10.7. The van der Waals surface area contributed by atoms with Crippen molar-refractivity contribution in [3.63, 3.8) is 0 Å². The van der Waals surface area contributed by atoms with Gasteiger partial charge in [-0.1, -0.05) is 72.8 Å². The summed E-state index contributed by atoms with van der Waals surface area (Å²) in [5, 5.41) is 21.5. The molecule has 0 aliphatic carbocycles. The summed E-state index contributed by atoms with van der Waals surface area (Å²) in [5.41, 5.74) is 2.70. The number of nitrogens with zero attached hydrogens (tertiary/aromatic N) is 1. The maximum Gasteiger partial charge on any atom is 0.260 e. The van der Waals surface area contributed by atoms with Gasteiger partial charge in [-0.3, -0.25) is 9.69 Å². The van der Waals surface area contributed by atoms with Gasteiger partial charge in [0.2, 0.25) is 0 Å². The lowest BCUT2D eigenvalue weighted by molar-refractivity contribution is 0.0625. The van der Waals surface area contributed by atoms with Crippen LogP contribution in [0.15, 0.2) is 152 Å². The molecular formula is C50H47NO11. The van der Waals surface area contributed by atoms with Crippen LogP contribution in [0.2, 0.25) is 0 Å². The van der Waals surface area contributed by atoms with Crippen molar-refractivity contribution in [1.29, 1.82) is 0 Å².